The second kappa shape index (κ2) is 5.17. The first kappa shape index (κ1) is 10.5. The Morgan fingerprint density at radius 3 is 3.07 bits per heavy atom. The van der Waals surface area contributed by atoms with E-state index >= 15 is 0 Å². The summed E-state index contributed by atoms with van der Waals surface area (Å²) in [7, 11) is 0. The standard InChI is InChI=1S/C7H9BrN6S/c8-6-13-14-7(15-6)9-3-1-2-5-10-4-11-12-5/h4H,1-3H2,(H,9,14)(H,10,11,12). The summed E-state index contributed by atoms with van der Waals surface area (Å²) in [6.45, 7) is 0.850. The fraction of sp³-hybridized carbons (Fsp3) is 0.429. The van der Waals surface area contributed by atoms with Gasteiger partial charge in [0.05, 0.1) is 0 Å². The third-order valence-corrected chi connectivity index (χ3v) is 3.05. The lowest BCUT2D eigenvalue weighted by Crippen LogP contribution is -2.03. The highest BCUT2D eigenvalue weighted by Crippen LogP contribution is 2.19. The van der Waals surface area contributed by atoms with Crippen molar-refractivity contribution in [3.63, 3.8) is 0 Å². The van der Waals surface area contributed by atoms with Gasteiger partial charge in [-0.3, -0.25) is 5.10 Å². The number of aromatic amines is 1. The van der Waals surface area contributed by atoms with E-state index in [1.165, 1.54) is 17.7 Å². The van der Waals surface area contributed by atoms with Gasteiger partial charge in [-0.15, -0.1) is 10.2 Å². The number of nitrogens with zero attached hydrogens (tertiary/aromatic N) is 4. The first-order chi connectivity index (χ1) is 7.34. The molecule has 8 heteroatoms. The van der Waals surface area contributed by atoms with Gasteiger partial charge in [0.25, 0.3) is 0 Å². The minimum absolute atomic E-state index is 0.792. The van der Waals surface area contributed by atoms with Crippen molar-refractivity contribution in [1.82, 2.24) is 25.4 Å². The molecular formula is C7H9BrN6S. The van der Waals surface area contributed by atoms with Gasteiger partial charge in [-0.2, -0.15) is 5.10 Å². The summed E-state index contributed by atoms with van der Waals surface area (Å²) >= 11 is 4.74. The topological polar surface area (TPSA) is 79.4 Å². The fourth-order valence-electron chi connectivity index (χ4n) is 1.08. The average molecular weight is 289 g/mol. The van der Waals surface area contributed by atoms with Gasteiger partial charge >= 0.3 is 0 Å². The molecule has 0 aromatic carbocycles. The van der Waals surface area contributed by atoms with Crippen LogP contribution in [-0.4, -0.2) is 31.9 Å². The zero-order chi connectivity index (χ0) is 10.5. The maximum atomic E-state index is 4.04. The first-order valence-corrected chi connectivity index (χ1v) is 6.02. The summed E-state index contributed by atoms with van der Waals surface area (Å²) in [6.07, 6.45) is 3.38. The minimum atomic E-state index is 0.792. The number of halogens is 1. The molecule has 0 aliphatic carbocycles. The van der Waals surface area contributed by atoms with Gasteiger partial charge in [0.15, 0.2) is 3.92 Å². The van der Waals surface area contributed by atoms with Gasteiger partial charge in [-0.05, 0) is 22.4 Å². The smallest absolute Gasteiger partial charge is 0.206 e. The molecule has 0 saturated carbocycles. The molecule has 2 aromatic rings. The number of aromatic nitrogens is 5. The molecule has 0 aliphatic rings. The molecule has 6 nitrogen and oxygen atoms in total. The van der Waals surface area contributed by atoms with Crippen molar-refractivity contribution in [1.29, 1.82) is 0 Å². The summed E-state index contributed by atoms with van der Waals surface area (Å²) in [4.78, 5) is 4.04. The number of hydrogen-bond donors (Lipinski definition) is 2. The SMILES string of the molecule is Brc1nnc(NCCCc2ncn[nH]2)s1. The first-order valence-electron chi connectivity index (χ1n) is 4.42. The average Bonchev–Trinajstić information content (AvgIpc) is 2.84. The normalized spacial score (nSPS) is 10.5. The van der Waals surface area contributed by atoms with Crippen LogP contribution in [0.25, 0.3) is 0 Å². The maximum absolute atomic E-state index is 4.04. The van der Waals surface area contributed by atoms with Gasteiger partial charge in [0, 0.05) is 13.0 Å². The molecule has 2 heterocycles. The van der Waals surface area contributed by atoms with Gasteiger partial charge in [0.2, 0.25) is 5.13 Å². The second-order valence-corrected chi connectivity index (χ2v) is 5.08. The highest BCUT2D eigenvalue weighted by molar-refractivity contribution is 9.11. The van der Waals surface area contributed by atoms with Crippen LogP contribution < -0.4 is 5.32 Å². The lowest BCUT2D eigenvalue weighted by molar-refractivity contribution is 0.804. The Morgan fingerprint density at radius 1 is 1.47 bits per heavy atom. The molecule has 0 saturated heterocycles. The number of anilines is 1. The van der Waals surface area contributed by atoms with Crippen molar-refractivity contribution >= 4 is 32.4 Å². The quantitative estimate of drug-likeness (QED) is 0.815. The molecule has 2 aromatic heterocycles. The Balaban J connectivity index is 1.67. The summed E-state index contributed by atoms with van der Waals surface area (Å²) in [5.41, 5.74) is 0. The van der Waals surface area contributed by atoms with Crippen molar-refractivity contribution in [2.24, 2.45) is 0 Å². The zero-order valence-electron chi connectivity index (χ0n) is 7.77. The van der Waals surface area contributed by atoms with Crippen LogP contribution in [-0.2, 0) is 6.42 Å². The third kappa shape index (κ3) is 3.24. The van der Waals surface area contributed by atoms with Crippen molar-refractivity contribution in [3.8, 4) is 0 Å². The van der Waals surface area contributed by atoms with Crippen molar-refractivity contribution < 1.29 is 0 Å². The molecule has 80 valence electrons. The minimum Gasteiger partial charge on any atom is -0.360 e. The van der Waals surface area contributed by atoms with Crippen molar-refractivity contribution in [2.45, 2.75) is 12.8 Å². The van der Waals surface area contributed by atoms with E-state index in [9.17, 15) is 0 Å². The van der Waals surface area contributed by atoms with Gasteiger partial charge in [-0.1, -0.05) is 11.3 Å². The van der Waals surface area contributed by atoms with E-state index in [-0.39, 0.29) is 0 Å². The predicted molar refractivity (Wildman–Crippen MR) is 60.8 cm³/mol. The van der Waals surface area contributed by atoms with Crippen LogP contribution in [0.2, 0.25) is 0 Å². The molecule has 0 amide bonds. The largest absolute Gasteiger partial charge is 0.360 e. The number of nitrogens with one attached hydrogen (secondary N) is 2. The molecular weight excluding hydrogens is 280 g/mol. The summed E-state index contributed by atoms with van der Waals surface area (Å²) in [5.74, 6) is 0.912. The van der Waals surface area contributed by atoms with Gasteiger partial charge in [-0.25, -0.2) is 4.98 Å². The number of rotatable bonds is 5. The van der Waals surface area contributed by atoms with Crippen LogP contribution in [0, 0.1) is 0 Å². The Kier molecular flexibility index (Phi) is 3.62. The van der Waals surface area contributed by atoms with Crippen LogP contribution in [0.4, 0.5) is 5.13 Å². The highest BCUT2D eigenvalue weighted by atomic mass is 79.9. The monoisotopic (exact) mass is 288 g/mol. The Bertz CT molecular complexity index is 399. The van der Waals surface area contributed by atoms with Crippen LogP contribution in [0.3, 0.4) is 0 Å². The van der Waals surface area contributed by atoms with Crippen molar-refractivity contribution in [2.75, 3.05) is 11.9 Å². The van der Waals surface area contributed by atoms with E-state index in [1.54, 1.807) is 0 Å². The van der Waals surface area contributed by atoms with E-state index in [4.69, 9.17) is 0 Å². The molecule has 2 rings (SSSR count). The highest BCUT2D eigenvalue weighted by Gasteiger charge is 2.00. The van der Waals surface area contributed by atoms with E-state index in [0.29, 0.717) is 0 Å². The lowest BCUT2D eigenvalue weighted by Gasteiger charge is -1.99. The molecule has 0 spiro atoms. The molecule has 2 N–H and O–H groups in total. The van der Waals surface area contributed by atoms with Crippen LogP contribution in [0.15, 0.2) is 10.2 Å². The summed E-state index contributed by atoms with van der Waals surface area (Å²) in [5, 5.41) is 18.4. The van der Waals surface area contributed by atoms with E-state index < -0.39 is 0 Å². The summed E-state index contributed by atoms with van der Waals surface area (Å²) < 4.78 is 0.792. The Morgan fingerprint density at radius 2 is 2.40 bits per heavy atom. The van der Waals surface area contributed by atoms with Crippen LogP contribution in [0.1, 0.15) is 12.2 Å². The number of H-pyrrole nitrogens is 1. The number of aryl methyl sites for hydroxylation is 1. The second-order valence-electron chi connectivity index (χ2n) is 2.82. The Hall–Kier alpha value is -1.02. The molecule has 0 aliphatic heterocycles. The molecule has 0 fully saturated rings. The molecule has 0 radical (unpaired) electrons. The number of hydrogen-bond acceptors (Lipinski definition) is 6. The molecule has 0 atom stereocenters. The van der Waals surface area contributed by atoms with Crippen molar-refractivity contribution in [3.05, 3.63) is 16.1 Å². The maximum Gasteiger partial charge on any atom is 0.206 e. The van der Waals surface area contributed by atoms with Gasteiger partial charge < -0.3 is 5.32 Å². The lowest BCUT2D eigenvalue weighted by atomic mass is 10.3. The summed E-state index contributed by atoms with van der Waals surface area (Å²) in [6, 6.07) is 0. The van der Waals surface area contributed by atoms with Crippen LogP contribution in [0.5, 0.6) is 0 Å². The van der Waals surface area contributed by atoms with E-state index in [1.807, 2.05) is 0 Å². The zero-order valence-corrected chi connectivity index (χ0v) is 10.2. The van der Waals surface area contributed by atoms with Gasteiger partial charge in [0.1, 0.15) is 12.2 Å². The molecule has 0 unspecified atom stereocenters. The third-order valence-electron chi connectivity index (χ3n) is 1.73. The molecule has 0 bridgehead atoms. The molecule has 15 heavy (non-hydrogen) atoms. The van der Waals surface area contributed by atoms with E-state index in [0.717, 1.165) is 34.3 Å². The predicted octanol–water partition coefficient (Wildman–Crippen LogP) is 1.46. The van der Waals surface area contributed by atoms with E-state index in [2.05, 4.69) is 46.6 Å². The Labute approximate surface area is 98.7 Å². The van der Waals surface area contributed by atoms with Crippen LogP contribution >= 0.6 is 27.3 Å². The fourth-order valence-corrected chi connectivity index (χ4v) is 2.12.